The topological polar surface area (TPSA) is 32.3 Å². The van der Waals surface area contributed by atoms with Gasteiger partial charge in [0.15, 0.2) is 0 Å². The second kappa shape index (κ2) is 3.86. The fourth-order valence-corrected chi connectivity index (χ4v) is 3.03. The van der Waals surface area contributed by atoms with Crippen molar-refractivity contribution in [1.29, 1.82) is 0 Å². The van der Waals surface area contributed by atoms with Gasteiger partial charge in [-0.05, 0) is 24.5 Å². The lowest BCUT2D eigenvalue weighted by Gasteiger charge is -2.20. The lowest BCUT2D eigenvalue weighted by Crippen LogP contribution is -2.43. The number of hydrazine groups is 1. The highest BCUT2D eigenvalue weighted by Gasteiger charge is 2.68. The third kappa shape index (κ3) is 1.81. The van der Waals surface area contributed by atoms with Crippen LogP contribution < -0.4 is 5.43 Å². The molecule has 5 heteroatoms. The van der Waals surface area contributed by atoms with Gasteiger partial charge < -0.3 is 0 Å². The highest BCUT2D eigenvalue weighted by Crippen LogP contribution is 2.63. The van der Waals surface area contributed by atoms with Crippen LogP contribution in [-0.2, 0) is 17.9 Å². The van der Waals surface area contributed by atoms with Gasteiger partial charge in [-0.3, -0.25) is 10.2 Å². The predicted molar refractivity (Wildman–Crippen MR) is 71.0 cm³/mol. The van der Waals surface area contributed by atoms with Crippen molar-refractivity contribution in [1.82, 2.24) is 10.4 Å². The number of carbonyl (C=O) groups is 1. The molecule has 1 heterocycles. The van der Waals surface area contributed by atoms with Crippen LogP contribution >= 0.6 is 23.2 Å². The van der Waals surface area contributed by atoms with Crippen LogP contribution in [0.5, 0.6) is 0 Å². The zero-order valence-electron chi connectivity index (χ0n) is 10.0. The maximum atomic E-state index is 12.1. The van der Waals surface area contributed by atoms with Crippen LogP contribution in [0.15, 0.2) is 24.3 Å². The van der Waals surface area contributed by atoms with E-state index >= 15 is 0 Å². The van der Waals surface area contributed by atoms with Gasteiger partial charge >= 0.3 is 0 Å². The first-order valence-corrected chi connectivity index (χ1v) is 6.69. The molecular formula is C13H14Cl2N2O. The molecule has 96 valence electrons. The summed E-state index contributed by atoms with van der Waals surface area (Å²) in [6.07, 6.45) is 0.510. The van der Waals surface area contributed by atoms with Crippen molar-refractivity contribution in [2.75, 3.05) is 0 Å². The van der Waals surface area contributed by atoms with E-state index in [1.165, 1.54) is 11.1 Å². The standard InChI is InChI=1S/C13H14Cl2N2O/c1-12(8-13(12,14)15)11(18)16-17-6-9-4-2-3-5-10(9)7-17/h2-5H,6-8H2,1H3,(H,16,18)/t12-/m1/s1. The van der Waals surface area contributed by atoms with E-state index in [-0.39, 0.29) is 5.91 Å². The zero-order chi connectivity index (χ0) is 13.0. The highest BCUT2D eigenvalue weighted by atomic mass is 35.5. The summed E-state index contributed by atoms with van der Waals surface area (Å²) in [7, 11) is 0. The summed E-state index contributed by atoms with van der Waals surface area (Å²) in [5.41, 5.74) is 4.75. The molecule has 1 atom stereocenters. The number of hydrogen-bond donors (Lipinski definition) is 1. The molecule has 1 fully saturated rings. The van der Waals surface area contributed by atoms with Crippen molar-refractivity contribution in [3.05, 3.63) is 35.4 Å². The first kappa shape index (κ1) is 12.3. The van der Waals surface area contributed by atoms with Gasteiger partial charge in [-0.25, -0.2) is 5.01 Å². The summed E-state index contributed by atoms with van der Waals surface area (Å²) in [5.74, 6) is -0.0969. The number of alkyl halides is 2. The number of nitrogens with zero attached hydrogens (tertiary/aromatic N) is 1. The third-order valence-corrected chi connectivity index (χ3v) is 4.96. The predicted octanol–water partition coefficient (Wildman–Crippen LogP) is 2.62. The molecule has 0 saturated heterocycles. The van der Waals surface area contributed by atoms with E-state index in [0.29, 0.717) is 6.42 Å². The Bertz CT molecular complexity index is 492. The van der Waals surface area contributed by atoms with Crippen LogP contribution in [0, 0.1) is 5.41 Å². The van der Waals surface area contributed by atoms with E-state index < -0.39 is 9.75 Å². The molecular weight excluding hydrogens is 271 g/mol. The largest absolute Gasteiger partial charge is 0.288 e. The Morgan fingerprint density at radius 3 is 2.22 bits per heavy atom. The van der Waals surface area contributed by atoms with Crippen molar-refractivity contribution in [3.8, 4) is 0 Å². The fraction of sp³-hybridized carbons (Fsp3) is 0.462. The molecule has 0 radical (unpaired) electrons. The minimum Gasteiger partial charge on any atom is -0.288 e. The molecule has 3 rings (SSSR count). The second-order valence-corrected chi connectivity index (χ2v) is 6.76. The number of benzene rings is 1. The van der Waals surface area contributed by atoms with Crippen LogP contribution in [-0.4, -0.2) is 15.2 Å². The highest BCUT2D eigenvalue weighted by molar-refractivity contribution is 6.53. The van der Waals surface area contributed by atoms with Crippen LogP contribution in [0.1, 0.15) is 24.5 Å². The third-order valence-electron chi connectivity index (χ3n) is 3.86. The molecule has 0 spiro atoms. The Labute approximate surface area is 116 Å². The van der Waals surface area contributed by atoms with Crippen LogP contribution in [0.25, 0.3) is 0 Å². The van der Waals surface area contributed by atoms with E-state index in [9.17, 15) is 4.79 Å². The molecule has 1 amide bonds. The number of rotatable bonds is 2. The average Bonchev–Trinajstić information content (AvgIpc) is 2.69. The van der Waals surface area contributed by atoms with E-state index in [4.69, 9.17) is 23.2 Å². The summed E-state index contributed by atoms with van der Waals surface area (Å²) in [6, 6.07) is 8.17. The maximum absolute atomic E-state index is 12.1. The molecule has 1 N–H and O–H groups in total. The molecule has 0 aromatic heterocycles. The minimum atomic E-state index is -0.913. The molecule has 1 aromatic rings. The molecule has 2 aliphatic rings. The Kier molecular flexibility index (Phi) is 2.63. The van der Waals surface area contributed by atoms with Crippen LogP contribution in [0.2, 0.25) is 0 Å². The number of carbonyl (C=O) groups excluding carboxylic acids is 1. The van der Waals surface area contributed by atoms with Crippen LogP contribution in [0.4, 0.5) is 0 Å². The molecule has 0 unspecified atom stereocenters. The number of hydrogen-bond acceptors (Lipinski definition) is 2. The second-order valence-electron chi connectivity index (χ2n) is 5.28. The first-order chi connectivity index (χ1) is 8.42. The van der Waals surface area contributed by atoms with Crippen molar-refractivity contribution in [2.45, 2.75) is 30.8 Å². The minimum absolute atomic E-state index is 0.0969. The smallest absolute Gasteiger partial charge is 0.243 e. The van der Waals surface area contributed by atoms with E-state index in [2.05, 4.69) is 17.6 Å². The Morgan fingerprint density at radius 1 is 1.28 bits per heavy atom. The van der Waals surface area contributed by atoms with Crippen molar-refractivity contribution < 1.29 is 4.79 Å². The summed E-state index contributed by atoms with van der Waals surface area (Å²) >= 11 is 12.0. The molecule has 1 aliphatic carbocycles. The van der Waals surface area contributed by atoms with Gasteiger partial charge in [0.2, 0.25) is 5.91 Å². The number of nitrogens with one attached hydrogen (secondary N) is 1. The van der Waals surface area contributed by atoms with Gasteiger partial charge in [0.1, 0.15) is 4.33 Å². The Balaban J connectivity index is 1.66. The average molecular weight is 285 g/mol. The van der Waals surface area contributed by atoms with Crippen molar-refractivity contribution >= 4 is 29.1 Å². The molecule has 18 heavy (non-hydrogen) atoms. The monoisotopic (exact) mass is 284 g/mol. The number of fused-ring (bicyclic) bond motifs is 1. The number of amides is 1. The fourth-order valence-electron chi connectivity index (χ4n) is 2.33. The van der Waals surface area contributed by atoms with Gasteiger partial charge in [0.25, 0.3) is 0 Å². The summed E-state index contributed by atoms with van der Waals surface area (Å²) in [5, 5.41) is 1.90. The van der Waals surface area contributed by atoms with Gasteiger partial charge in [0.05, 0.1) is 5.41 Å². The summed E-state index contributed by atoms with van der Waals surface area (Å²) in [6.45, 7) is 3.26. The van der Waals surface area contributed by atoms with Gasteiger partial charge in [0, 0.05) is 13.1 Å². The van der Waals surface area contributed by atoms with Crippen LogP contribution in [0.3, 0.4) is 0 Å². The first-order valence-electron chi connectivity index (χ1n) is 5.93. The van der Waals surface area contributed by atoms with Gasteiger partial charge in [-0.15, -0.1) is 23.2 Å². The molecule has 1 saturated carbocycles. The van der Waals surface area contributed by atoms with E-state index in [1.807, 2.05) is 17.1 Å². The Hall–Kier alpha value is -0.770. The summed E-state index contributed by atoms with van der Waals surface area (Å²) in [4.78, 5) is 12.1. The zero-order valence-corrected chi connectivity index (χ0v) is 11.6. The lowest BCUT2D eigenvalue weighted by atomic mass is 10.1. The lowest BCUT2D eigenvalue weighted by molar-refractivity contribution is -0.131. The SMILES string of the molecule is C[C@]1(C(=O)NN2Cc3ccccc3C2)CC1(Cl)Cl. The quantitative estimate of drug-likeness (QED) is 0.847. The normalized spacial score (nSPS) is 28.8. The Morgan fingerprint density at radius 2 is 1.78 bits per heavy atom. The van der Waals surface area contributed by atoms with Crippen molar-refractivity contribution in [2.24, 2.45) is 5.41 Å². The maximum Gasteiger partial charge on any atom is 0.243 e. The number of halogens is 2. The van der Waals surface area contributed by atoms with E-state index in [1.54, 1.807) is 6.92 Å². The van der Waals surface area contributed by atoms with E-state index in [0.717, 1.165) is 13.1 Å². The molecule has 1 aliphatic heterocycles. The molecule has 0 bridgehead atoms. The summed E-state index contributed by atoms with van der Waals surface area (Å²) < 4.78 is -0.913. The van der Waals surface area contributed by atoms with Gasteiger partial charge in [-0.1, -0.05) is 24.3 Å². The molecule has 3 nitrogen and oxygen atoms in total. The molecule has 1 aromatic carbocycles. The van der Waals surface area contributed by atoms with Crippen molar-refractivity contribution in [3.63, 3.8) is 0 Å². The van der Waals surface area contributed by atoms with Gasteiger partial charge in [-0.2, -0.15) is 0 Å².